The summed E-state index contributed by atoms with van der Waals surface area (Å²) < 4.78 is 0. The fourth-order valence-electron chi connectivity index (χ4n) is 3.11. The second-order valence-electron chi connectivity index (χ2n) is 6.22. The molecule has 1 amide bonds. The van der Waals surface area contributed by atoms with Crippen molar-refractivity contribution in [2.24, 2.45) is 23.0 Å². The number of nitrogens with two attached hydrogens (primary N) is 1. The highest BCUT2D eigenvalue weighted by atomic mass is 16.4. The number of likely N-dealkylation sites (tertiary alicyclic amines) is 1. The fourth-order valence-corrected chi connectivity index (χ4v) is 3.11. The monoisotopic (exact) mass is 254 g/mol. The maximum Gasteiger partial charge on any atom is 0.306 e. The van der Waals surface area contributed by atoms with Crippen LogP contribution in [-0.2, 0) is 9.59 Å². The zero-order valence-electron chi connectivity index (χ0n) is 11.1. The van der Waals surface area contributed by atoms with E-state index in [1.54, 1.807) is 0 Å². The summed E-state index contributed by atoms with van der Waals surface area (Å²) in [5, 5.41) is 8.91. The Balaban J connectivity index is 1.90. The molecular weight excluding hydrogens is 232 g/mol. The van der Waals surface area contributed by atoms with Gasteiger partial charge < -0.3 is 15.7 Å². The average Bonchev–Trinajstić information content (AvgIpc) is 2.69. The van der Waals surface area contributed by atoms with Crippen LogP contribution >= 0.6 is 0 Å². The molecule has 0 aromatic rings. The van der Waals surface area contributed by atoms with Crippen molar-refractivity contribution in [3.05, 3.63) is 0 Å². The number of carbonyl (C=O) groups excluding carboxylic acids is 1. The van der Waals surface area contributed by atoms with E-state index in [1.807, 2.05) is 18.7 Å². The van der Waals surface area contributed by atoms with Crippen molar-refractivity contribution in [3.8, 4) is 0 Å². The number of hydrogen-bond donors (Lipinski definition) is 2. The third-order valence-corrected chi connectivity index (χ3v) is 4.46. The normalized spacial score (nSPS) is 32.7. The summed E-state index contributed by atoms with van der Waals surface area (Å²) >= 11 is 0. The smallest absolute Gasteiger partial charge is 0.306 e. The van der Waals surface area contributed by atoms with Gasteiger partial charge in [-0.05, 0) is 30.6 Å². The molecule has 0 radical (unpaired) electrons. The Bertz CT molecular complexity index is 361. The van der Waals surface area contributed by atoms with Crippen LogP contribution in [0.2, 0.25) is 0 Å². The number of nitrogens with zero attached hydrogens (tertiary/aromatic N) is 1. The number of aliphatic carboxylic acids is 1. The van der Waals surface area contributed by atoms with E-state index in [4.69, 9.17) is 10.8 Å². The van der Waals surface area contributed by atoms with Crippen LogP contribution in [0.5, 0.6) is 0 Å². The predicted octanol–water partition coefficient (Wildman–Crippen LogP) is 0.683. The van der Waals surface area contributed by atoms with Gasteiger partial charge in [0.05, 0.1) is 12.0 Å². The molecule has 5 heteroatoms. The molecule has 1 aliphatic heterocycles. The summed E-state index contributed by atoms with van der Waals surface area (Å²) in [4.78, 5) is 24.8. The number of amides is 1. The van der Waals surface area contributed by atoms with Gasteiger partial charge in [-0.2, -0.15) is 0 Å². The molecule has 3 N–H and O–H groups in total. The molecular formula is C13H22N2O3. The molecule has 18 heavy (non-hydrogen) atoms. The second kappa shape index (κ2) is 4.53. The van der Waals surface area contributed by atoms with E-state index < -0.39 is 12.0 Å². The number of carboxylic acids is 1. The van der Waals surface area contributed by atoms with Gasteiger partial charge in [0.15, 0.2) is 0 Å². The first-order valence-corrected chi connectivity index (χ1v) is 6.62. The quantitative estimate of drug-likeness (QED) is 0.776. The van der Waals surface area contributed by atoms with Gasteiger partial charge in [0.2, 0.25) is 5.91 Å². The molecule has 0 unspecified atom stereocenters. The Kier molecular flexibility index (Phi) is 3.36. The first kappa shape index (κ1) is 13.3. The molecule has 5 nitrogen and oxygen atoms in total. The van der Waals surface area contributed by atoms with Crippen LogP contribution in [0, 0.1) is 17.3 Å². The first-order valence-electron chi connectivity index (χ1n) is 6.62. The molecule has 0 aromatic carbocycles. The van der Waals surface area contributed by atoms with Gasteiger partial charge >= 0.3 is 5.97 Å². The van der Waals surface area contributed by atoms with E-state index in [0.717, 1.165) is 13.0 Å². The van der Waals surface area contributed by atoms with E-state index in [-0.39, 0.29) is 23.2 Å². The summed E-state index contributed by atoms with van der Waals surface area (Å²) in [7, 11) is 0. The predicted molar refractivity (Wildman–Crippen MR) is 66.8 cm³/mol. The minimum Gasteiger partial charge on any atom is -0.481 e. The maximum atomic E-state index is 12.1. The zero-order chi connectivity index (χ0) is 13.5. The third-order valence-electron chi connectivity index (χ3n) is 4.46. The minimum absolute atomic E-state index is 0.0145. The molecule has 0 aromatic heterocycles. The van der Waals surface area contributed by atoms with E-state index in [9.17, 15) is 9.59 Å². The molecule has 1 saturated heterocycles. The average molecular weight is 254 g/mol. The van der Waals surface area contributed by atoms with Crippen molar-refractivity contribution in [2.45, 2.75) is 39.2 Å². The number of carbonyl (C=O) groups is 2. The highest BCUT2D eigenvalue weighted by Crippen LogP contribution is 2.51. The van der Waals surface area contributed by atoms with E-state index in [0.29, 0.717) is 19.4 Å². The Morgan fingerprint density at radius 1 is 1.39 bits per heavy atom. The third kappa shape index (κ3) is 2.23. The van der Waals surface area contributed by atoms with Crippen molar-refractivity contribution in [3.63, 3.8) is 0 Å². The Morgan fingerprint density at radius 2 is 2.00 bits per heavy atom. The molecule has 2 aliphatic rings. The lowest BCUT2D eigenvalue weighted by Crippen LogP contribution is -2.48. The molecule has 2 fully saturated rings. The molecule has 1 aliphatic carbocycles. The molecule has 0 bridgehead atoms. The van der Waals surface area contributed by atoms with E-state index in [2.05, 4.69) is 0 Å². The van der Waals surface area contributed by atoms with Gasteiger partial charge in [-0.1, -0.05) is 13.8 Å². The van der Waals surface area contributed by atoms with Crippen LogP contribution in [0.15, 0.2) is 0 Å². The number of rotatable bonds is 3. The summed E-state index contributed by atoms with van der Waals surface area (Å²) in [6, 6.07) is -0.435. The minimum atomic E-state index is -0.704. The van der Waals surface area contributed by atoms with Crippen molar-refractivity contribution < 1.29 is 14.7 Å². The molecule has 1 spiro atoms. The second-order valence-corrected chi connectivity index (χ2v) is 6.22. The van der Waals surface area contributed by atoms with Crippen LogP contribution in [0.3, 0.4) is 0 Å². The van der Waals surface area contributed by atoms with Crippen LogP contribution in [-0.4, -0.2) is 41.0 Å². The highest BCUT2D eigenvalue weighted by Gasteiger charge is 2.52. The Labute approximate surface area is 107 Å². The Morgan fingerprint density at radius 3 is 2.50 bits per heavy atom. The lowest BCUT2D eigenvalue weighted by Gasteiger charge is -2.43. The van der Waals surface area contributed by atoms with E-state index in [1.165, 1.54) is 0 Å². The molecule has 1 saturated carbocycles. The van der Waals surface area contributed by atoms with Gasteiger partial charge in [0, 0.05) is 13.1 Å². The van der Waals surface area contributed by atoms with Crippen LogP contribution < -0.4 is 5.73 Å². The summed E-state index contributed by atoms with van der Waals surface area (Å²) in [5.41, 5.74) is 5.94. The summed E-state index contributed by atoms with van der Waals surface area (Å²) in [6.07, 6.45) is 2.35. The van der Waals surface area contributed by atoms with Crippen molar-refractivity contribution in [1.82, 2.24) is 4.90 Å². The Hall–Kier alpha value is -1.10. The number of hydrogen-bond acceptors (Lipinski definition) is 3. The molecule has 2 rings (SSSR count). The van der Waals surface area contributed by atoms with Crippen molar-refractivity contribution in [1.29, 1.82) is 0 Å². The SMILES string of the molecule is CC(C)[C@H](N)C(=O)N1CCC2(CC(C(=O)O)C2)C1. The summed E-state index contributed by atoms with van der Waals surface area (Å²) in [5.74, 6) is -0.758. The van der Waals surface area contributed by atoms with Crippen LogP contribution in [0.25, 0.3) is 0 Å². The largest absolute Gasteiger partial charge is 0.481 e. The van der Waals surface area contributed by atoms with Crippen LogP contribution in [0.1, 0.15) is 33.1 Å². The molecule has 1 atom stereocenters. The van der Waals surface area contributed by atoms with Gasteiger partial charge in [-0.15, -0.1) is 0 Å². The lowest BCUT2D eigenvalue weighted by atomic mass is 9.61. The fraction of sp³-hybridized carbons (Fsp3) is 0.846. The van der Waals surface area contributed by atoms with Gasteiger partial charge in [0.1, 0.15) is 0 Å². The van der Waals surface area contributed by atoms with Gasteiger partial charge in [-0.3, -0.25) is 9.59 Å². The van der Waals surface area contributed by atoms with Crippen molar-refractivity contribution in [2.75, 3.05) is 13.1 Å². The molecule has 102 valence electrons. The molecule has 1 heterocycles. The number of carboxylic acid groups (broad SMARTS) is 1. The van der Waals surface area contributed by atoms with E-state index >= 15 is 0 Å². The van der Waals surface area contributed by atoms with Gasteiger partial charge in [0.25, 0.3) is 0 Å². The highest BCUT2D eigenvalue weighted by molar-refractivity contribution is 5.82. The topological polar surface area (TPSA) is 83.6 Å². The summed E-state index contributed by atoms with van der Waals surface area (Å²) in [6.45, 7) is 5.30. The lowest BCUT2D eigenvalue weighted by molar-refractivity contribution is -0.149. The standard InChI is InChI=1S/C13H22N2O3/c1-8(2)10(14)11(16)15-4-3-13(7-15)5-9(6-13)12(17)18/h8-10H,3-7,14H2,1-2H3,(H,17,18)/t9?,10-,13?/m0/s1. The van der Waals surface area contributed by atoms with Crippen molar-refractivity contribution >= 4 is 11.9 Å². The first-order chi connectivity index (χ1) is 8.34. The maximum absolute atomic E-state index is 12.1. The van der Waals surface area contributed by atoms with Crippen LogP contribution in [0.4, 0.5) is 0 Å². The zero-order valence-corrected chi connectivity index (χ0v) is 11.1. The van der Waals surface area contributed by atoms with Gasteiger partial charge in [-0.25, -0.2) is 0 Å².